The van der Waals surface area contributed by atoms with Crippen molar-refractivity contribution in [2.24, 2.45) is 0 Å². The van der Waals surface area contributed by atoms with E-state index in [-0.39, 0.29) is 17.0 Å². The summed E-state index contributed by atoms with van der Waals surface area (Å²) in [7, 11) is 8.51. The summed E-state index contributed by atoms with van der Waals surface area (Å²) in [5.41, 5.74) is 5.23. The van der Waals surface area contributed by atoms with E-state index in [1.165, 1.54) is 97.4 Å². The smallest absolute Gasteiger partial charge is 0.215 e. The lowest BCUT2D eigenvalue weighted by Gasteiger charge is -2.17. The molecule has 4 heteroatoms. The molecule has 0 saturated carbocycles. The van der Waals surface area contributed by atoms with Crippen LogP contribution in [0.2, 0.25) is 0 Å². The average molecular weight is 515 g/mol. The third-order valence-corrected chi connectivity index (χ3v) is 6.69. The largest absolute Gasteiger partial charge is 1.00 e. The number of aromatic nitrogens is 1. The third-order valence-electron chi connectivity index (χ3n) is 6.69. The van der Waals surface area contributed by atoms with Gasteiger partial charge in [0.05, 0.1) is 11.1 Å². The van der Waals surface area contributed by atoms with Crippen molar-refractivity contribution in [2.75, 3.05) is 38.0 Å². The third kappa shape index (κ3) is 7.34. The molecule has 0 fully saturated rings. The Bertz CT molecular complexity index is 997. The zero-order valence-corrected chi connectivity index (χ0v) is 23.1. The van der Waals surface area contributed by atoms with Crippen LogP contribution in [0.25, 0.3) is 21.8 Å². The fourth-order valence-corrected chi connectivity index (χ4v) is 4.78. The number of anilines is 2. The van der Waals surface area contributed by atoms with Gasteiger partial charge in [0, 0.05) is 57.8 Å². The number of benzene rings is 2. The Balaban J connectivity index is 0.00000385. The standard InChI is InChI=1S/C29H44N3.BrH/c1-6-7-8-9-10-11-12-13-14-15-21-32-27-20-19-25(30(2)3)22-24(27)23-26-28(31(4)5)17-16-18-29(26)32;/h16-20,22-23H,6-15,21H2,1-5H3;1H/q+1;/p-1. The molecule has 0 spiro atoms. The Hall–Kier alpha value is -1.81. The van der Waals surface area contributed by atoms with Gasteiger partial charge in [-0.1, -0.05) is 64.4 Å². The summed E-state index contributed by atoms with van der Waals surface area (Å²) in [4.78, 5) is 4.42. The number of unbranched alkanes of at least 4 members (excludes halogenated alkanes) is 9. The molecule has 0 aliphatic heterocycles. The first-order valence-corrected chi connectivity index (χ1v) is 12.8. The number of rotatable bonds is 13. The first-order valence-electron chi connectivity index (χ1n) is 12.8. The molecule has 0 radical (unpaired) electrons. The van der Waals surface area contributed by atoms with E-state index in [2.05, 4.69) is 91.9 Å². The van der Waals surface area contributed by atoms with Crippen LogP contribution in [0, 0.1) is 0 Å². The van der Waals surface area contributed by atoms with Gasteiger partial charge in [0.2, 0.25) is 11.0 Å². The van der Waals surface area contributed by atoms with Crippen LogP contribution in [0.3, 0.4) is 0 Å². The predicted octanol–water partition coefficient (Wildman–Crippen LogP) is 4.34. The highest BCUT2D eigenvalue weighted by molar-refractivity contribution is 5.97. The van der Waals surface area contributed by atoms with Crippen LogP contribution >= 0.6 is 0 Å². The van der Waals surface area contributed by atoms with Gasteiger partial charge in [-0.15, -0.1) is 0 Å². The minimum absolute atomic E-state index is 0. The molecule has 0 atom stereocenters. The van der Waals surface area contributed by atoms with Crippen LogP contribution in [0.1, 0.15) is 71.1 Å². The molecule has 0 amide bonds. The molecular weight excluding hydrogens is 470 g/mol. The maximum absolute atomic E-state index is 2.56. The zero-order valence-electron chi connectivity index (χ0n) is 21.5. The van der Waals surface area contributed by atoms with Gasteiger partial charge in [-0.3, -0.25) is 0 Å². The second kappa shape index (κ2) is 13.8. The second-order valence-corrected chi connectivity index (χ2v) is 9.72. The van der Waals surface area contributed by atoms with E-state index in [4.69, 9.17) is 0 Å². The first-order chi connectivity index (χ1) is 15.5. The summed E-state index contributed by atoms with van der Waals surface area (Å²) in [6, 6.07) is 16.0. The zero-order chi connectivity index (χ0) is 22.9. The highest BCUT2D eigenvalue weighted by Crippen LogP contribution is 2.29. The number of halogens is 1. The molecular formula is C29H44BrN3. The van der Waals surface area contributed by atoms with Crippen LogP contribution in [-0.2, 0) is 6.54 Å². The summed E-state index contributed by atoms with van der Waals surface area (Å²) >= 11 is 0. The van der Waals surface area contributed by atoms with Crippen LogP contribution in [0.15, 0.2) is 42.5 Å². The van der Waals surface area contributed by atoms with Gasteiger partial charge >= 0.3 is 0 Å². The molecule has 2 aromatic carbocycles. The lowest BCUT2D eigenvalue weighted by atomic mass is 10.1. The summed E-state index contributed by atoms with van der Waals surface area (Å²) in [5, 5.41) is 2.66. The van der Waals surface area contributed by atoms with Gasteiger partial charge in [-0.05, 0) is 30.7 Å². The van der Waals surface area contributed by atoms with E-state index in [1.807, 2.05) is 0 Å². The number of hydrogen-bond donors (Lipinski definition) is 0. The van der Waals surface area contributed by atoms with Gasteiger partial charge in [0.15, 0.2) is 0 Å². The van der Waals surface area contributed by atoms with Crippen molar-refractivity contribution >= 4 is 33.2 Å². The van der Waals surface area contributed by atoms with Crippen molar-refractivity contribution in [3.63, 3.8) is 0 Å². The van der Waals surface area contributed by atoms with Crippen molar-refractivity contribution < 1.29 is 21.5 Å². The molecule has 0 aliphatic rings. The Kier molecular flexibility index (Phi) is 11.5. The number of pyridine rings is 1. The topological polar surface area (TPSA) is 10.4 Å². The molecule has 3 aromatic rings. The monoisotopic (exact) mass is 513 g/mol. The van der Waals surface area contributed by atoms with Gasteiger partial charge in [0.25, 0.3) is 0 Å². The number of hydrogen-bond acceptors (Lipinski definition) is 2. The summed E-state index contributed by atoms with van der Waals surface area (Å²) in [6.45, 7) is 3.38. The normalized spacial score (nSPS) is 11.1. The maximum atomic E-state index is 2.56. The number of fused-ring (bicyclic) bond motifs is 2. The van der Waals surface area contributed by atoms with E-state index >= 15 is 0 Å². The van der Waals surface area contributed by atoms with Gasteiger partial charge in [-0.25, -0.2) is 0 Å². The van der Waals surface area contributed by atoms with Crippen LogP contribution in [0.5, 0.6) is 0 Å². The molecule has 0 bridgehead atoms. The molecule has 182 valence electrons. The minimum atomic E-state index is 0. The predicted molar refractivity (Wildman–Crippen MR) is 142 cm³/mol. The highest BCUT2D eigenvalue weighted by Gasteiger charge is 2.18. The first kappa shape index (κ1) is 27.4. The average Bonchev–Trinajstić information content (AvgIpc) is 2.78. The molecule has 0 aliphatic carbocycles. The number of nitrogens with zero attached hydrogens (tertiary/aromatic N) is 3. The Morgan fingerprint density at radius 3 is 1.91 bits per heavy atom. The molecule has 1 heterocycles. The number of aryl methyl sites for hydroxylation is 1. The maximum Gasteiger partial charge on any atom is 0.215 e. The van der Waals surface area contributed by atoms with Crippen LogP contribution < -0.4 is 31.3 Å². The Labute approximate surface area is 212 Å². The minimum Gasteiger partial charge on any atom is -1.00 e. The molecule has 0 N–H and O–H groups in total. The van der Waals surface area contributed by atoms with Crippen molar-refractivity contribution in [1.29, 1.82) is 0 Å². The van der Waals surface area contributed by atoms with Crippen LogP contribution in [-0.4, -0.2) is 28.2 Å². The van der Waals surface area contributed by atoms with E-state index in [0.717, 1.165) is 6.54 Å². The van der Waals surface area contributed by atoms with E-state index in [9.17, 15) is 0 Å². The van der Waals surface area contributed by atoms with Crippen molar-refractivity contribution in [1.82, 2.24) is 0 Å². The van der Waals surface area contributed by atoms with Crippen molar-refractivity contribution in [2.45, 2.75) is 77.7 Å². The molecule has 1 aromatic heterocycles. The van der Waals surface area contributed by atoms with E-state index in [1.54, 1.807) is 0 Å². The second-order valence-electron chi connectivity index (χ2n) is 9.72. The fourth-order valence-electron chi connectivity index (χ4n) is 4.78. The fraction of sp³-hybridized carbons (Fsp3) is 0.552. The summed E-state index contributed by atoms with van der Waals surface area (Å²) in [5.74, 6) is 0. The van der Waals surface area contributed by atoms with E-state index in [0.29, 0.717) is 0 Å². The van der Waals surface area contributed by atoms with Gasteiger partial charge in [0.1, 0.15) is 6.54 Å². The molecule has 3 rings (SSSR count). The molecule has 0 saturated heterocycles. The van der Waals surface area contributed by atoms with Crippen molar-refractivity contribution in [3.8, 4) is 0 Å². The lowest BCUT2D eigenvalue weighted by molar-refractivity contribution is -0.645. The van der Waals surface area contributed by atoms with Gasteiger partial charge < -0.3 is 26.8 Å². The Morgan fingerprint density at radius 1 is 0.667 bits per heavy atom. The van der Waals surface area contributed by atoms with Gasteiger partial charge in [-0.2, -0.15) is 4.57 Å². The van der Waals surface area contributed by atoms with Crippen LogP contribution in [0.4, 0.5) is 11.4 Å². The summed E-state index contributed by atoms with van der Waals surface area (Å²) < 4.78 is 2.56. The Morgan fingerprint density at radius 2 is 1.30 bits per heavy atom. The summed E-state index contributed by atoms with van der Waals surface area (Å²) in [6.07, 6.45) is 13.8. The molecule has 33 heavy (non-hydrogen) atoms. The van der Waals surface area contributed by atoms with E-state index < -0.39 is 0 Å². The quantitative estimate of drug-likeness (QED) is 0.191. The van der Waals surface area contributed by atoms with Crippen molar-refractivity contribution in [3.05, 3.63) is 42.5 Å². The highest BCUT2D eigenvalue weighted by atomic mass is 79.9. The SMILES string of the molecule is CCCCCCCCCCCC[n+]1c2ccc(N(C)C)cc2cc2c(N(C)C)cccc21.[Br-]. The lowest BCUT2D eigenvalue weighted by Crippen LogP contribution is -3.00. The molecule has 3 nitrogen and oxygen atoms in total. The molecule has 0 unspecified atom stereocenters.